The lowest BCUT2D eigenvalue weighted by molar-refractivity contribution is -0.133. The lowest BCUT2D eigenvalue weighted by atomic mass is 9.92. The van der Waals surface area contributed by atoms with Gasteiger partial charge in [0.25, 0.3) is 0 Å². The Bertz CT molecular complexity index is 703. The molecular formula is C25H41N3O3. The predicted octanol–water partition coefficient (Wildman–Crippen LogP) is 3.64. The smallest absolute Gasteiger partial charge is 0.222 e. The molecule has 0 saturated carbocycles. The molecule has 2 aliphatic rings. The van der Waals surface area contributed by atoms with Crippen LogP contribution >= 0.6 is 0 Å². The summed E-state index contributed by atoms with van der Waals surface area (Å²) in [4.78, 5) is 19.7. The van der Waals surface area contributed by atoms with Gasteiger partial charge in [-0.2, -0.15) is 0 Å². The van der Waals surface area contributed by atoms with Gasteiger partial charge in [0.2, 0.25) is 5.91 Å². The second-order valence-electron chi connectivity index (χ2n) is 9.24. The Balaban J connectivity index is 1.47. The topological polar surface area (TPSA) is 45.2 Å². The van der Waals surface area contributed by atoms with Gasteiger partial charge in [-0.15, -0.1) is 0 Å². The molecule has 0 aromatic heterocycles. The third-order valence-corrected chi connectivity index (χ3v) is 6.93. The molecule has 1 atom stereocenters. The van der Waals surface area contributed by atoms with Crippen LogP contribution in [0.5, 0.6) is 11.5 Å². The van der Waals surface area contributed by atoms with Crippen molar-refractivity contribution in [3.05, 3.63) is 23.8 Å². The van der Waals surface area contributed by atoms with E-state index in [1.807, 2.05) is 24.9 Å². The van der Waals surface area contributed by atoms with Gasteiger partial charge in [0, 0.05) is 32.6 Å². The molecule has 0 aliphatic carbocycles. The first-order valence-corrected chi connectivity index (χ1v) is 12.0. The Labute approximate surface area is 188 Å². The van der Waals surface area contributed by atoms with Crippen LogP contribution in [-0.4, -0.2) is 80.6 Å². The standard InChI is InChI=1S/C25H41N3O3/c1-5-31-24-17-21(8-10-23(24)30-4)19-28-14-6-7-20(18-28)9-11-25(29)27(3)22-12-15-26(2)16-13-22/h8,10,17,20,22H,5-7,9,11-16,18-19H2,1-4H3/t20-/m1/s1. The maximum absolute atomic E-state index is 12.8. The molecule has 0 bridgehead atoms. The number of nitrogens with zero attached hydrogens (tertiary/aromatic N) is 3. The van der Waals surface area contributed by atoms with Crippen molar-refractivity contribution in [2.24, 2.45) is 5.92 Å². The van der Waals surface area contributed by atoms with Crippen LogP contribution in [0.15, 0.2) is 18.2 Å². The summed E-state index contributed by atoms with van der Waals surface area (Å²) < 4.78 is 11.1. The number of ether oxygens (including phenoxy) is 2. The van der Waals surface area contributed by atoms with Crippen LogP contribution < -0.4 is 9.47 Å². The number of hydrogen-bond donors (Lipinski definition) is 0. The highest BCUT2D eigenvalue weighted by Crippen LogP contribution is 2.30. The molecule has 0 unspecified atom stereocenters. The number of carbonyl (C=O) groups is 1. The van der Waals surface area contributed by atoms with Crippen molar-refractivity contribution < 1.29 is 14.3 Å². The van der Waals surface area contributed by atoms with Crippen molar-refractivity contribution in [2.45, 2.75) is 58.0 Å². The van der Waals surface area contributed by atoms with E-state index in [1.165, 1.54) is 18.4 Å². The van der Waals surface area contributed by atoms with E-state index in [1.54, 1.807) is 7.11 Å². The first-order valence-electron chi connectivity index (χ1n) is 12.0. The zero-order chi connectivity index (χ0) is 22.2. The van der Waals surface area contributed by atoms with Crippen LogP contribution in [0.25, 0.3) is 0 Å². The van der Waals surface area contributed by atoms with Crippen molar-refractivity contribution in [3.63, 3.8) is 0 Å². The van der Waals surface area contributed by atoms with E-state index in [0.29, 0.717) is 30.9 Å². The first-order chi connectivity index (χ1) is 15.0. The fourth-order valence-electron chi connectivity index (χ4n) is 4.97. The van der Waals surface area contributed by atoms with Gasteiger partial charge in [0.1, 0.15) is 0 Å². The van der Waals surface area contributed by atoms with Gasteiger partial charge in [-0.1, -0.05) is 6.07 Å². The average Bonchev–Trinajstić information content (AvgIpc) is 2.78. The van der Waals surface area contributed by atoms with Crippen LogP contribution in [0.3, 0.4) is 0 Å². The molecule has 2 saturated heterocycles. The zero-order valence-electron chi connectivity index (χ0n) is 19.9. The van der Waals surface area contributed by atoms with Crippen LogP contribution in [0.1, 0.15) is 51.0 Å². The van der Waals surface area contributed by atoms with Gasteiger partial charge in [-0.05, 0) is 89.3 Å². The molecule has 2 fully saturated rings. The third-order valence-electron chi connectivity index (χ3n) is 6.93. The minimum absolute atomic E-state index is 0.322. The second kappa shape index (κ2) is 11.7. The van der Waals surface area contributed by atoms with Gasteiger partial charge in [0.05, 0.1) is 13.7 Å². The summed E-state index contributed by atoms with van der Waals surface area (Å²) in [5.41, 5.74) is 1.25. The van der Waals surface area contributed by atoms with Crippen molar-refractivity contribution in [1.29, 1.82) is 0 Å². The number of likely N-dealkylation sites (tertiary alicyclic amines) is 2. The van der Waals surface area contributed by atoms with Crippen LogP contribution in [-0.2, 0) is 11.3 Å². The quantitative estimate of drug-likeness (QED) is 0.597. The summed E-state index contributed by atoms with van der Waals surface area (Å²) >= 11 is 0. The Morgan fingerprint density at radius 2 is 1.94 bits per heavy atom. The molecule has 0 spiro atoms. The highest BCUT2D eigenvalue weighted by atomic mass is 16.5. The maximum atomic E-state index is 12.8. The first kappa shape index (κ1) is 23.9. The number of hydrogen-bond acceptors (Lipinski definition) is 5. The van der Waals surface area contributed by atoms with E-state index in [0.717, 1.165) is 63.5 Å². The van der Waals surface area contributed by atoms with E-state index in [9.17, 15) is 4.79 Å². The van der Waals surface area contributed by atoms with Gasteiger partial charge in [-0.3, -0.25) is 9.69 Å². The second-order valence-corrected chi connectivity index (χ2v) is 9.24. The summed E-state index contributed by atoms with van der Waals surface area (Å²) in [7, 11) is 5.85. The lowest BCUT2D eigenvalue weighted by Crippen LogP contribution is -2.44. The summed E-state index contributed by atoms with van der Waals surface area (Å²) in [6.45, 7) is 7.92. The number of benzene rings is 1. The van der Waals surface area contributed by atoms with Crippen LogP contribution in [0.4, 0.5) is 0 Å². The SMILES string of the molecule is CCOc1cc(CN2CCC[C@H](CCC(=O)N(C)C3CCN(C)CC3)C2)ccc1OC. The summed E-state index contributed by atoms with van der Waals surface area (Å²) in [5, 5.41) is 0. The molecule has 3 rings (SSSR count). The highest BCUT2D eigenvalue weighted by molar-refractivity contribution is 5.76. The molecule has 6 heteroatoms. The molecule has 0 radical (unpaired) electrons. The molecule has 1 amide bonds. The largest absolute Gasteiger partial charge is 0.493 e. The normalized spacial score (nSPS) is 21.1. The lowest BCUT2D eigenvalue weighted by Gasteiger charge is -2.36. The van der Waals surface area contributed by atoms with Gasteiger partial charge >= 0.3 is 0 Å². The number of amides is 1. The van der Waals surface area contributed by atoms with Crippen LogP contribution in [0, 0.1) is 5.92 Å². The van der Waals surface area contributed by atoms with Crippen LogP contribution in [0.2, 0.25) is 0 Å². The molecule has 31 heavy (non-hydrogen) atoms. The highest BCUT2D eigenvalue weighted by Gasteiger charge is 2.26. The molecule has 1 aromatic rings. The molecule has 174 valence electrons. The summed E-state index contributed by atoms with van der Waals surface area (Å²) in [6, 6.07) is 6.65. The fourth-order valence-corrected chi connectivity index (χ4v) is 4.97. The molecular weight excluding hydrogens is 390 g/mol. The van der Waals surface area contributed by atoms with Crippen molar-refractivity contribution >= 4 is 5.91 Å². The monoisotopic (exact) mass is 431 g/mol. The molecule has 2 aliphatic heterocycles. The minimum atomic E-state index is 0.322. The van der Waals surface area contributed by atoms with E-state index in [-0.39, 0.29) is 0 Å². The van der Waals surface area contributed by atoms with E-state index in [2.05, 4.69) is 29.0 Å². The number of rotatable bonds is 9. The maximum Gasteiger partial charge on any atom is 0.222 e. The number of methoxy groups -OCH3 is 1. The fraction of sp³-hybridized carbons (Fsp3) is 0.720. The predicted molar refractivity (Wildman–Crippen MR) is 125 cm³/mol. The minimum Gasteiger partial charge on any atom is -0.493 e. The Morgan fingerprint density at radius 3 is 2.65 bits per heavy atom. The average molecular weight is 432 g/mol. The van der Waals surface area contributed by atoms with Crippen molar-refractivity contribution in [2.75, 3.05) is 54.0 Å². The van der Waals surface area contributed by atoms with E-state index < -0.39 is 0 Å². The van der Waals surface area contributed by atoms with Crippen molar-refractivity contribution in [3.8, 4) is 11.5 Å². The van der Waals surface area contributed by atoms with Gasteiger partial charge in [-0.25, -0.2) is 0 Å². The Hall–Kier alpha value is -1.79. The summed E-state index contributed by atoms with van der Waals surface area (Å²) in [6.07, 6.45) is 6.31. The Kier molecular flexibility index (Phi) is 9.02. The van der Waals surface area contributed by atoms with Gasteiger partial charge < -0.3 is 19.3 Å². The third kappa shape index (κ3) is 6.84. The van der Waals surface area contributed by atoms with Gasteiger partial charge in [0.15, 0.2) is 11.5 Å². The molecule has 6 nitrogen and oxygen atoms in total. The Morgan fingerprint density at radius 1 is 1.16 bits per heavy atom. The van der Waals surface area contributed by atoms with E-state index in [4.69, 9.17) is 9.47 Å². The summed E-state index contributed by atoms with van der Waals surface area (Å²) in [5.74, 6) is 2.53. The molecule has 2 heterocycles. The zero-order valence-corrected chi connectivity index (χ0v) is 19.9. The van der Waals surface area contributed by atoms with Crippen molar-refractivity contribution in [1.82, 2.24) is 14.7 Å². The number of carbonyl (C=O) groups excluding carboxylic acids is 1. The number of piperidine rings is 2. The molecule has 0 N–H and O–H groups in total. The van der Waals surface area contributed by atoms with E-state index >= 15 is 0 Å². The molecule has 1 aromatic carbocycles.